The molecule has 1 atom stereocenters. The number of hydrogen-bond donors (Lipinski definition) is 2. The number of hydrogen-bond acceptors (Lipinski definition) is 4. The first-order chi connectivity index (χ1) is 17.5. The Kier molecular flexibility index (Phi) is 9.79. The van der Waals surface area contributed by atoms with Crippen LogP contribution < -0.4 is 5.32 Å². The summed E-state index contributed by atoms with van der Waals surface area (Å²) in [5, 5.41) is 22.4. The zero-order valence-electron chi connectivity index (χ0n) is 20.9. The number of nitrogens with one attached hydrogen (secondary N) is 1. The van der Waals surface area contributed by atoms with Gasteiger partial charge in [-0.25, -0.2) is 0 Å². The van der Waals surface area contributed by atoms with Crippen LogP contribution in [0.3, 0.4) is 0 Å². The van der Waals surface area contributed by atoms with Crippen molar-refractivity contribution in [1.82, 2.24) is 10.2 Å². The predicted octanol–water partition coefficient (Wildman–Crippen LogP) is 4.82. The Morgan fingerprint density at radius 1 is 0.944 bits per heavy atom. The second-order valence-electron chi connectivity index (χ2n) is 8.79. The third-order valence-electron chi connectivity index (χ3n) is 5.96. The minimum atomic E-state index is -0.481. The molecule has 3 aromatic rings. The molecule has 0 bridgehead atoms. The lowest BCUT2D eigenvalue weighted by Gasteiger charge is -2.22. The molecular formula is C30H33N3O3. The molecule has 0 unspecified atom stereocenters. The average Bonchev–Trinajstić information content (AvgIpc) is 2.92. The summed E-state index contributed by atoms with van der Waals surface area (Å²) in [5.74, 6) is -0.528. The molecule has 0 aliphatic heterocycles. The maximum absolute atomic E-state index is 13.4. The molecule has 0 fully saturated rings. The molecule has 0 heterocycles. The summed E-state index contributed by atoms with van der Waals surface area (Å²) in [6.45, 7) is 5.07. The maximum Gasteiger partial charge on any atom is 0.253 e. The van der Waals surface area contributed by atoms with Gasteiger partial charge in [0.25, 0.3) is 11.8 Å². The molecule has 2 amide bonds. The van der Waals surface area contributed by atoms with E-state index in [0.29, 0.717) is 47.3 Å². The molecule has 36 heavy (non-hydrogen) atoms. The number of amides is 2. The van der Waals surface area contributed by atoms with Crippen molar-refractivity contribution in [2.75, 3.05) is 19.7 Å². The molecule has 0 saturated heterocycles. The topological polar surface area (TPSA) is 93.4 Å². The van der Waals surface area contributed by atoms with Crippen LogP contribution in [0.25, 0.3) is 11.1 Å². The van der Waals surface area contributed by atoms with Gasteiger partial charge in [0.2, 0.25) is 0 Å². The highest BCUT2D eigenvalue weighted by Crippen LogP contribution is 2.27. The number of carbonyl (C=O) groups is 2. The Balaban J connectivity index is 2.00. The van der Waals surface area contributed by atoms with Gasteiger partial charge < -0.3 is 15.3 Å². The SMILES string of the molecule is CCCN(CCC)C(=O)c1cc(C(=O)N[C@H](CO)Cc2ccccc2)cc(-c2ccccc2C#N)c1. The summed E-state index contributed by atoms with van der Waals surface area (Å²) >= 11 is 0. The van der Waals surface area contributed by atoms with Gasteiger partial charge in [-0.1, -0.05) is 62.4 Å². The molecule has 0 saturated carbocycles. The summed E-state index contributed by atoms with van der Waals surface area (Å²) in [6.07, 6.45) is 2.13. The summed E-state index contributed by atoms with van der Waals surface area (Å²) in [7, 11) is 0. The van der Waals surface area contributed by atoms with Gasteiger partial charge in [-0.15, -0.1) is 0 Å². The number of benzene rings is 3. The molecule has 3 aromatic carbocycles. The van der Waals surface area contributed by atoms with E-state index in [1.807, 2.05) is 56.3 Å². The Bertz CT molecular complexity index is 1210. The number of aliphatic hydroxyl groups is 1. The maximum atomic E-state index is 13.4. The van der Waals surface area contributed by atoms with E-state index in [1.165, 1.54) is 0 Å². The first-order valence-corrected chi connectivity index (χ1v) is 12.4. The predicted molar refractivity (Wildman–Crippen MR) is 142 cm³/mol. The fraction of sp³-hybridized carbons (Fsp3) is 0.300. The van der Waals surface area contributed by atoms with Gasteiger partial charge in [0.15, 0.2) is 0 Å². The van der Waals surface area contributed by atoms with Crippen LogP contribution in [0.4, 0.5) is 0 Å². The van der Waals surface area contributed by atoms with E-state index in [1.54, 1.807) is 35.2 Å². The Morgan fingerprint density at radius 2 is 1.58 bits per heavy atom. The van der Waals surface area contributed by atoms with Gasteiger partial charge in [0, 0.05) is 24.2 Å². The van der Waals surface area contributed by atoms with E-state index in [2.05, 4.69) is 11.4 Å². The molecule has 6 nitrogen and oxygen atoms in total. The second kappa shape index (κ2) is 13.2. The smallest absolute Gasteiger partial charge is 0.253 e. The quantitative estimate of drug-likeness (QED) is 0.409. The van der Waals surface area contributed by atoms with E-state index < -0.39 is 6.04 Å². The second-order valence-corrected chi connectivity index (χ2v) is 8.79. The minimum absolute atomic E-state index is 0.146. The summed E-state index contributed by atoms with van der Waals surface area (Å²) in [5.41, 5.74) is 3.45. The average molecular weight is 484 g/mol. The molecule has 0 spiro atoms. The lowest BCUT2D eigenvalue weighted by atomic mass is 9.95. The van der Waals surface area contributed by atoms with Crippen LogP contribution in [0, 0.1) is 11.3 Å². The molecule has 2 N–H and O–H groups in total. The largest absolute Gasteiger partial charge is 0.394 e. The van der Waals surface area contributed by atoms with Crippen LogP contribution in [0.15, 0.2) is 72.8 Å². The van der Waals surface area contributed by atoms with Crippen LogP contribution >= 0.6 is 0 Å². The van der Waals surface area contributed by atoms with E-state index in [4.69, 9.17) is 0 Å². The fourth-order valence-electron chi connectivity index (χ4n) is 4.24. The number of carbonyl (C=O) groups excluding carboxylic acids is 2. The minimum Gasteiger partial charge on any atom is -0.394 e. The lowest BCUT2D eigenvalue weighted by Crippen LogP contribution is -2.39. The van der Waals surface area contributed by atoms with E-state index in [0.717, 1.165) is 18.4 Å². The Labute approximate surface area is 213 Å². The van der Waals surface area contributed by atoms with Crippen LogP contribution in [-0.4, -0.2) is 47.6 Å². The molecular weight excluding hydrogens is 450 g/mol. The van der Waals surface area contributed by atoms with Gasteiger partial charge in [-0.3, -0.25) is 9.59 Å². The normalized spacial score (nSPS) is 11.4. The van der Waals surface area contributed by atoms with Crippen molar-refractivity contribution in [3.05, 3.63) is 95.1 Å². The van der Waals surface area contributed by atoms with Crippen molar-refractivity contribution in [2.24, 2.45) is 0 Å². The molecule has 6 heteroatoms. The van der Waals surface area contributed by atoms with Gasteiger partial charge in [-0.05, 0) is 60.2 Å². The van der Waals surface area contributed by atoms with Crippen LogP contribution in [0.2, 0.25) is 0 Å². The van der Waals surface area contributed by atoms with E-state index in [9.17, 15) is 20.0 Å². The fourth-order valence-corrected chi connectivity index (χ4v) is 4.24. The van der Waals surface area contributed by atoms with Gasteiger partial charge in [0.1, 0.15) is 0 Å². The number of nitrogens with zero attached hydrogens (tertiary/aromatic N) is 2. The number of aliphatic hydroxyl groups excluding tert-OH is 1. The standard InChI is InChI=1S/C30H33N3O3/c1-3-14-33(15-4-2)30(36)26-18-24(28-13-9-8-12-23(28)20-31)17-25(19-26)29(35)32-27(21-34)16-22-10-6-5-7-11-22/h5-13,17-19,27,34H,3-4,14-16,21H2,1-2H3,(H,32,35)/t27-/m0/s1. The zero-order valence-corrected chi connectivity index (χ0v) is 20.9. The third kappa shape index (κ3) is 6.80. The van der Waals surface area contributed by atoms with Crippen LogP contribution in [0.5, 0.6) is 0 Å². The molecule has 0 aliphatic rings. The van der Waals surface area contributed by atoms with Crippen LogP contribution in [-0.2, 0) is 6.42 Å². The number of rotatable bonds is 11. The van der Waals surface area contributed by atoms with Gasteiger partial charge in [0.05, 0.1) is 24.3 Å². The van der Waals surface area contributed by atoms with Crippen molar-refractivity contribution < 1.29 is 14.7 Å². The molecule has 186 valence electrons. The molecule has 3 rings (SSSR count). The summed E-state index contributed by atoms with van der Waals surface area (Å²) in [6, 6.07) is 23.5. The summed E-state index contributed by atoms with van der Waals surface area (Å²) in [4.78, 5) is 28.6. The zero-order chi connectivity index (χ0) is 25.9. The molecule has 0 aliphatic carbocycles. The van der Waals surface area contributed by atoms with Crippen LogP contribution in [0.1, 0.15) is 58.5 Å². The van der Waals surface area contributed by atoms with Crippen molar-refractivity contribution >= 4 is 11.8 Å². The highest BCUT2D eigenvalue weighted by Gasteiger charge is 2.20. The van der Waals surface area contributed by atoms with E-state index in [-0.39, 0.29) is 18.4 Å². The lowest BCUT2D eigenvalue weighted by molar-refractivity contribution is 0.0755. The Morgan fingerprint density at radius 3 is 2.22 bits per heavy atom. The summed E-state index contributed by atoms with van der Waals surface area (Å²) < 4.78 is 0. The van der Waals surface area contributed by atoms with Crippen molar-refractivity contribution in [2.45, 2.75) is 39.2 Å². The Hall–Kier alpha value is -3.95. The first-order valence-electron chi connectivity index (χ1n) is 12.4. The van der Waals surface area contributed by atoms with E-state index >= 15 is 0 Å². The van der Waals surface area contributed by atoms with Crippen molar-refractivity contribution in [1.29, 1.82) is 5.26 Å². The van der Waals surface area contributed by atoms with Crippen molar-refractivity contribution in [3.63, 3.8) is 0 Å². The highest BCUT2D eigenvalue weighted by atomic mass is 16.3. The highest BCUT2D eigenvalue weighted by molar-refractivity contribution is 6.01. The number of nitriles is 1. The monoisotopic (exact) mass is 483 g/mol. The van der Waals surface area contributed by atoms with Gasteiger partial charge >= 0.3 is 0 Å². The van der Waals surface area contributed by atoms with Gasteiger partial charge in [-0.2, -0.15) is 5.26 Å². The first kappa shape index (κ1) is 26.7. The molecule has 0 aromatic heterocycles. The third-order valence-corrected chi connectivity index (χ3v) is 5.96. The molecule has 0 radical (unpaired) electrons. The van der Waals surface area contributed by atoms with Crippen molar-refractivity contribution in [3.8, 4) is 17.2 Å².